The molecule has 1 aliphatic carbocycles. The summed E-state index contributed by atoms with van der Waals surface area (Å²) >= 11 is 0. The Hall–Kier alpha value is 0. The van der Waals surface area contributed by atoms with Crippen LogP contribution in [0.25, 0.3) is 0 Å². The van der Waals surface area contributed by atoms with Crippen molar-refractivity contribution in [3.63, 3.8) is 0 Å². The van der Waals surface area contributed by atoms with Gasteiger partial charge < -0.3 is 0 Å². The van der Waals surface area contributed by atoms with Gasteiger partial charge >= 0.3 is 0 Å². The predicted octanol–water partition coefficient (Wildman–Crippen LogP) is 3.61. The topological polar surface area (TPSA) is 0 Å². The van der Waals surface area contributed by atoms with Crippen molar-refractivity contribution in [3.05, 3.63) is 0 Å². The maximum absolute atomic E-state index is 2.44. The Kier molecular flexibility index (Phi) is 1.82. The number of rotatable bonds is 3. The van der Waals surface area contributed by atoms with Crippen molar-refractivity contribution in [2.75, 3.05) is 0 Å². The number of hydrogen-bond acceptors (Lipinski definition) is 0. The lowest BCUT2D eigenvalue weighted by Crippen LogP contribution is -2.05. The van der Waals surface area contributed by atoms with Crippen LogP contribution in [-0.2, 0) is 0 Å². The molecule has 1 saturated carbocycles. The summed E-state index contributed by atoms with van der Waals surface area (Å²) in [6, 6.07) is 0. The molecule has 10 heavy (non-hydrogen) atoms. The third-order valence-electron chi connectivity index (χ3n) is 3.69. The van der Waals surface area contributed by atoms with Crippen molar-refractivity contribution in [3.8, 4) is 0 Å². The lowest BCUT2D eigenvalue weighted by Gasteiger charge is -2.15. The molecule has 0 heterocycles. The molecule has 60 valence electrons. The van der Waals surface area contributed by atoms with Gasteiger partial charge in [-0.15, -0.1) is 0 Å². The first-order valence-corrected chi connectivity index (χ1v) is 4.58. The molecule has 1 fully saturated rings. The van der Waals surface area contributed by atoms with E-state index in [0.29, 0.717) is 10.8 Å². The van der Waals surface area contributed by atoms with Crippen LogP contribution < -0.4 is 0 Å². The van der Waals surface area contributed by atoms with Gasteiger partial charge in [-0.05, 0) is 23.7 Å². The zero-order chi connectivity index (χ0) is 7.83. The fourth-order valence-electron chi connectivity index (χ4n) is 2.31. The van der Waals surface area contributed by atoms with Crippen molar-refractivity contribution in [1.82, 2.24) is 0 Å². The highest BCUT2D eigenvalue weighted by Crippen LogP contribution is 2.67. The fraction of sp³-hybridized carbons (Fsp3) is 1.00. The number of hydrogen-bond donors (Lipinski definition) is 0. The Bertz CT molecular complexity index is 124. The van der Waals surface area contributed by atoms with E-state index in [9.17, 15) is 0 Å². The Morgan fingerprint density at radius 2 is 1.70 bits per heavy atom. The molecule has 0 aromatic rings. The second kappa shape index (κ2) is 2.25. The Balaban J connectivity index is 2.46. The molecule has 1 aliphatic rings. The molecule has 1 rings (SSSR count). The van der Waals surface area contributed by atoms with Gasteiger partial charge in [0.15, 0.2) is 0 Å². The van der Waals surface area contributed by atoms with Gasteiger partial charge in [0.1, 0.15) is 0 Å². The first kappa shape index (κ1) is 8.10. The van der Waals surface area contributed by atoms with Gasteiger partial charge in [-0.25, -0.2) is 0 Å². The van der Waals surface area contributed by atoms with E-state index < -0.39 is 0 Å². The van der Waals surface area contributed by atoms with Gasteiger partial charge in [0.05, 0.1) is 0 Å². The molecule has 0 N–H and O–H groups in total. The molecule has 0 saturated heterocycles. The summed E-state index contributed by atoms with van der Waals surface area (Å²) in [4.78, 5) is 0. The molecule has 0 heteroatoms. The monoisotopic (exact) mass is 140 g/mol. The highest BCUT2D eigenvalue weighted by Gasteiger charge is 2.58. The smallest absolute Gasteiger partial charge is 0.0267 e. The normalized spacial score (nSPS) is 45.6. The third-order valence-corrected chi connectivity index (χ3v) is 3.69. The fourth-order valence-corrected chi connectivity index (χ4v) is 2.31. The van der Waals surface area contributed by atoms with Gasteiger partial charge in [0.25, 0.3) is 0 Å². The van der Waals surface area contributed by atoms with E-state index in [4.69, 9.17) is 0 Å². The van der Waals surface area contributed by atoms with Gasteiger partial charge in [0.2, 0.25) is 0 Å². The highest BCUT2D eigenvalue weighted by atomic mass is 14.6. The Morgan fingerprint density at radius 1 is 1.10 bits per heavy atom. The van der Waals surface area contributed by atoms with Gasteiger partial charge in [-0.3, -0.25) is 0 Å². The first-order chi connectivity index (χ1) is 4.58. The molecular weight excluding hydrogens is 120 g/mol. The standard InChI is InChI=1S/C10H20/c1-5-7-10(4)8-9(10,3)6-2/h5-8H2,1-4H3. The molecule has 0 nitrogen and oxygen atoms in total. The van der Waals surface area contributed by atoms with Crippen LogP contribution in [0.15, 0.2) is 0 Å². The maximum Gasteiger partial charge on any atom is -0.0267 e. The lowest BCUT2D eigenvalue weighted by molar-refractivity contribution is 0.352. The minimum atomic E-state index is 0.697. The SMILES string of the molecule is CCCC1(C)CC1(C)CC. The van der Waals surface area contributed by atoms with Crippen LogP contribution in [-0.4, -0.2) is 0 Å². The van der Waals surface area contributed by atoms with E-state index in [1.54, 1.807) is 0 Å². The minimum Gasteiger partial charge on any atom is -0.0654 e. The van der Waals surface area contributed by atoms with Crippen LogP contribution in [0, 0.1) is 10.8 Å². The van der Waals surface area contributed by atoms with Crippen LogP contribution in [0.4, 0.5) is 0 Å². The Morgan fingerprint density at radius 3 is 2.00 bits per heavy atom. The van der Waals surface area contributed by atoms with Crippen molar-refractivity contribution in [2.45, 2.75) is 53.4 Å². The summed E-state index contributed by atoms with van der Waals surface area (Å²) in [7, 11) is 0. The molecule has 0 aromatic heterocycles. The second-order valence-corrected chi connectivity index (χ2v) is 4.40. The van der Waals surface area contributed by atoms with E-state index in [1.807, 2.05) is 0 Å². The molecule has 0 aromatic carbocycles. The summed E-state index contributed by atoms with van der Waals surface area (Å²) < 4.78 is 0. The molecule has 2 atom stereocenters. The van der Waals surface area contributed by atoms with Crippen LogP contribution in [0.5, 0.6) is 0 Å². The molecule has 0 spiro atoms. The molecule has 0 amide bonds. The predicted molar refractivity (Wildman–Crippen MR) is 46.0 cm³/mol. The van der Waals surface area contributed by atoms with E-state index in [0.717, 1.165) is 0 Å². The quantitative estimate of drug-likeness (QED) is 0.561. The molecule has 2 unspecified atom stereocenters. The van der Waals surface area contributed by atoms with Crippen molar-refractivity contribution in [2.24, 2.45) is 10.8 Å². The zero-order valence-corrected chi connectivity index (χ0v) is 7.83. The van der Waals surface area contributed by atoms with Crippen LogP contribution >= 0.6 is 0 Å². The summed E-state index contributed by atoms with van der Waals surface area (Å²) in [6.07, 6.45) is 5.61. The Labute approximate surface area is 65.0 Å². The van der Waals surface area contributed by atoms with E-state index in [2.05, 4.69) is 27.7 Å². The minimum absolute atomic E-state index is 0.697. The van der Waals surface area contributed by atoms with E-state index >= 15 is 0 Å². The average Bonchev–Trinajstić information content (AvgIpc) is 2.38. The van der Waals surface area contributed by atoms with E-state index in [1.165, 1.54) is 25.7 Å². The summed E-state index contributed by atoms with van der Waals surface area (Å²) in [6.45, 7) is 9.49. The maximum atomic E-state index is 2.44. The lowest BCUT2D eigenvalue weighted by atomic mass is 9.90. The molecular formula is C10H20. The van der Waals surface area contributed by atoms with E-state index in [-0.39, 0.29) is 0 Å². The van der Waals surface area contributed by atoms with Crippen molar-refractivity contribution >= 4 is 0 Å². The highest BCUT2D eigenvalue weighted by molar-refractivity contribution is 5.07. The largest absolute Gasteiger partial charge is 0.0654 e. The average molecular weight is 140 g/mol. The molecule has 0 aliphatic heterocycles. The van der Waals surface area contributed by atoms with Gasteiger partial charge in [0, 0.05) is 0 Å². The van der Waals surface area contributed by atoms with Gasteiger partial charge in [-0.2, -0.15) is 0 Å². The second-order valence-electron chi connectivity index (χ2n) is 4.40. The first-order valence-electron chi connectivity index (χ1n) is 4.58. The zero-order valence-electron chi connectivity index (χ0n) is 7.83. The van der Waals surface area contributed by atoms with Crippen molar-refractivity contribution in [1.29, 1.82) is 0 Å². The van der Waals surface area contributed by atoms with Crippen LogP contribution in [0.3, 0.4) is 0 Å². The molecule has 0 bridgehead atoms. The molecule has 0 radical (unpaired) electrons. The third kappa shape index (κ3) is 0.980. The van der Waals surface area contributed by atoms with Gasteiger partial charge in [-0.1, -0.05) is 40.5 Å². The van der Waals surface area contributed by atoms with Crippen LogP contribution in [0.1, 0.15) is 53.4 Å². The summed E-state index contributed by atoms with van der Waals surface area (Å²) in [5.74, 6) is 0. The summed E-state index contributed by atoms with van der Waals surface area (Å²) in [5.41, 5.74) is 1.40. The van der Waals surface area contributed by atoms with Crippen LogP contribution in [0.2, 0.25) is 0 Å². The summed E-state index contributed by atoms with van der Waals surface area (Å²) in [5, 5.41) is 0. The van der Waals surface area contributed by atoms with Crippen molar-refractivity contribution < 1.29 is 0 Å².